The van der Waals surface area contributed by atoms with Gasteiger partial charge in [0.25, 0.3) is 0 Å². The van der Waals surface area contributed by atoms with Crippen LogP contribution in [-0.2, 0) is 11.3 Å². The Morgan fingerprint density at radius 2 is 2.05 bits per heavy atom. The molecule has 1 heterocycles. The highest BCUT2D eigenvalue weighted by molar-refractivity contribution is 5.91. The van der Waals surface area contributed by atoms with E-state index in [1.165, 1.54) is 12.3 Å². The van der Waals surface area contributed by atoms with Crippen LogP contribution in [0.3, 0.4) is 0 Å². The van der Waals surface area contributed by atoms with Gasteiger partial charge in [-0.1, -0.05) is 18.2 Å². The Labute approximate surface area is 116 Å². The topological polar surface area (TPSA) is 48.4 Å². The average molecular weight is 275 g/mol. The molecule has 5 heteroatoms. The summed E-state index contributed by atoms with van der Waals surface area (Å²) in [5.41, 5.74) is 0.549. The van der Waals surface area contributed by atoms with E-state index in [1.54, 1.807) is 37.3 Å². The molecule has 0 atom stereocenters. The summed E-state index contributed by atoms with van der Waals surface area (Å²) < 4.78 is 23.7. The third kappa shape index (κ3) is 3.32. The summed E-state index contributed by atoms with van der Waals surface area (Å²) in [6, 6.07) is 9.31. The molecule has 104 valence electrons. The van der Waals surface area contributed by atoms with Gasteiger partial charge in [-0.15, -0.1) is 0 Å². The lowest BCUT2D eigenvalue weighted by atomic mass is 10.2. The first kappa shape index (κ1) is 14.0. The van der Waals surface area contributed by atoms with Gasteiger partial charge >= 0.3 is 5.97 Å². The number of pyridine rings is 1. The minimum Gasteiger partial charge on any atom is -0.477 e. The molecule has 4 nitrogen and oxygen atoms in total. The number of carbonyl (C=O) groups is 1. The van der Waals surface area contributed by atoms with E-state index in [0.717, 1.165) is 0 Å². The normalized spacial score (nSPS) is 10.1. The Morgan fingerprint density at radius 3 is 2.80 bits per heavy atom. The van der Waals surface area contributed by atoms with E-state index in [2.05, 4.69) is 4.98 Å². The van der Waals surface area contributed by atoms with Gasteiger partial charge in [0.05, 0.1) is 6.61 Å². The molecule has 0 aliphatic carbocycles. The second-order valence-corrected chi connectivity index (χ2v) is 3.96. The van der Waals surface area contributed by atoms with Crippen LogP contribution in [0, 0.1) is 5.82 Å². The van der Waals surface area contributed by atoms with Crippen molar-refractivity contribution in [2.45, 2.75) is 13.5 Å². The molecule has 2 rings (SSSR count). The number of aromatic nitrogens is 1. The first-order chi connectivity index (χ1) is 9.72. The molecule has 0 saturated carbocycles. The third-order valence-electron chi connectivity index (χ3n) is 2.59. The molecular formula is C15H14FNO3. The van der Waals surface area contributed by atoms with Crippen LogP contribution in [0.4, 0.5) is 4.39 Å². The van der Waals surface area contributed by atoms with Crippen molar-refractivity contribution in [3.63, 3.8) is 0 Å². The standard InChI is InChI=1S/C15H14FNO3/c1-2-19-14-12(7-5-9-17-14)15(18)20-10-11-6-3-4-8-13(11)16/h3-9H,2,10H2,1H3. The van der Waals surface area contributed by atoms with Gasteiger partial charge in [0.2, 0.25) is 5.88 Å². The molecule has 0 spiro atoms. The first-order valence-corrected chi connectivity index (χ1v) is 6.20. The number of nitrogens with zero attached hydrogens (tertiary/aromatic N) is 1. The minimum atomic E-state index is -0.593. The maximum atomic E-state index is 13.4. The zero-order valence-electron chi connectivity index (χ0n) is 11.0. The predicted octanol–water partition coefficient (Wildman–Crippen LogP) is 2.98. The van der Waals surface area contributed by atoms with Crippen molar-refractivity contribution in [2.24, 2.45) is 0 Å². The van der Waals surface area contributed by atoms with E-state index in [0.29, 0.717) is 12.2 Å². The van der Waals surface area contributed by atoms with Gasteiger partial charge in [-0.25, -0.2) is 14.2 Å². The van der Waals surface area contributed by atoms with Crippen LogP contribution in [0.1, 0.15) is 22.8 Å². The van der Waals surface area contributed by atoms with E-state index >= 15 is 0 Å². The number of hydrogen-bond donors (Lipinski definition) is 0. The van der Waals surface area contributed by atoms with Crippen molar-refractivity contribution >= 4 is 5.97 Å². The Kier molecular flexibility index (Phi) is 4.65. The fourth-order valence-corrected chi connectivity index (χ4v) is 1.63. The van der Waals surface area contributed by atoms with E-state index in [-0.39, 0.29) is 18.1 Å². The maximum Gasteiger partial charge on any atom is 0.343 e. The Hall–Kier alpha value is -2.43. The molecule has 0 radical (unpaired) electrons. The van der Waals surface area contributed by atoms with Crippen molar-refractivity contribution in [1.29, 1.82) is 0 Å². The van der Waals surface area contributed by atoms with Crippen LogP contribution in [0.25, 0.3) is 0 Å². The fourth-order valence-electron chi connectivity index (χ4n) is 1.63. The molecule has 20 heavy (non-hydrogen) atoms. The number of rotatable bonds is 5. The summed E-state index contributed by atoms with van der Waals surface area (Å²) in [5, 5.41) is 0. The highest BCUT2D eigenvalue weighted by Crippen LogP contribution is 2.17. The molecule has 2 aromatic rings. The van der Waals surface area contributed by atoms with Gasteiger partial charge in [0, 0.05) is 11.8 Å². The second-order valence-electron chi connectivity index (χ2n) is 3.96. The fraction of sp³-hybridized carbons (Fsp3) is 0.200. The molecule has 1 aromatic heterocycles. The largest absolute Gasteiger partial charge is 0.477 e. The number of hydrogen-bond acceptors (Lipinski definition) is 4. The Morgan fingerprint density at radius 1 is 1.25 bits per heavy atom. The first-order valence-electron chi connectivity index (χ1n) is 6.20. The molecule has 0 aliphatic heterocycles. The molecule has 0 amide bonds. The van der Waals surface area contributed by atoms with Gasteiger partial charge in [-0.05, 0) is 25.1 Å². The summed E-state index contributed by atoms with van der Waals surface area (Å²) in [5.74, 6) is -0.783. The van der Waals surface area contributed by atoms with Gasteiger partial charge in [-0.3, -0.25) is 0 Å². The molecule has 1 aromatic carbocycles. The summed E-state index contributed by atoms with van der Waals surface area (Å²) in [6.45, 7) is 2.06. The number of benzene rings is 1. The lowest BCUT2D eigenvalue weighted by molar-refractivity contribution is 0.0463. The van der Waals surface area contributed by atoms with Crippen LogP contribution in [0.2, 0.25) is 0 Å². The summed E-state index contributed by atoms with van der Waals surface area (Å²) in [7, 11) is 0. The van der Waals surface area contributed by atoms with Crippen molar-refractivity contribution in [1.82, 2.24) is 4.98 Å². The lowest BCUT2D eigenvalue weighted by Gasteiger charge is -2.09. The second kappa shape index (κ2) is 6.65. The van der Waals surface area contributed by atoms with Crippen molar-refractivity contribution in [3.05, 3.63) is 59.5 Å². The van der Waals surface area contributed by atoms with Gasteiger partial charge in [0.15, 0.2) is 0 Å². The number of halogens is 1. The molecule has 0 aliphatic rings. The zero-order chi connectivity index (χ0) is 14.4. The van der Waals surface area contributed by atoms with E-state index < -0.39 is 11.8 Å². The molecule has 0 saturated heterocycles. The SMILES string of the molecule is CCOc1ncccc1C(=O)OCc1ccccc1F. The van der Waals surface area contributed by atoms with E-state index in [1.807, 2.05) is 0 Å². The van der Waals surface area contributed by atoms with Crippen LogP contribution >= 0.6 is 0 Å². The van der Waals surface area contributed by atoms with E-state index in [4.69, 9.17) is 9.47 Å². The number of ether oxygens (including phenoxy) is 2. The van der Waals surface area contributed by atoms with E-state index in [9.17, 15) is 9.18 Å². The summed E-state index contributed by atoms with van der Waals surface area (Å²) in [4.78, 5) is 15.9. The molecule has 0 bridgehead atoms. The maximum absolute atomic E-state index is 13.4. The van der Waals surface area contributed by atoms with Crippen LogP contribution in [0.15, 0.2) is 42.6 Å². The zero-order valence-corrected chi connectivity index (χ0v) is 11.0. The van der Waals surface area contributed by atoms with Crippen molar-refractivity contribution in [3.8, 4) is 5.88 Å². The Bertz CT molecular complexity index is 601. The van der Waals surface area contributed by atoms with Gasteiger partial charge < -0.3 is 9.47 Å². The highest BCUT2D eigenvalue weighted by atomic mass is 19.1. The predicted molar refractivity (Wildman–Crippen MR) is 70.9 cm³/mol. The van der Waals surface area contributed by atoms with Crippen LogP contribution in [0.5, 0.6) is 5.88 Å². The number of esters is 1. The van der Waals surface area contributed by atoms with Crippen molar-refractivity contribution in [2.75, 3.05) is 6.61 Å². The van der Waals surface area contributed by atoms with Crippen molar-refractivity contribution < 1.29 is 18.7 Å². The molecule has 0 unspecified atom stereocenters. The van der Waals surface area contributed by atoms with Gasteiger partial charge in [0.1, 0.15) is 18.0 Å². The van der Waals surface area contributed by atoms with Gasteiger partial charge in [-0.2, -0.15) is 0 Å². The summed E-state index contributed by atoms with van der Waals surface area (Å²) in [6.07, 6.45) is 1.53. The van der Waals surface area contributed by atoms with Crippen LogP contribution in [-0.4, -0.2) is 17.6 Å². The smallest absolute Gasteiger partial charge is 0.343 e. The highest BCUT2D eigenvalue weighted by Gasteiger charge is 2.15. The number of carbonyl (C=O) groups excluding carboxylic acids is 1. The minimum absolute atomic E-state index is 0.133. The quantitative estimate of drug-likeness (QED) is 0.787. The lowest BCUT2D eigenvalue weighted by Crippen LogP contribution is -2.09. The summed E-state index contributed by atoms with van der Waals surface area (Å²) >= 11 is 0. The molecule has 0 fully saturated rings. The third-order valence-corrected chi connectivity index (χ3v) is 2.59. The molecular weight excluding hydrogens is 261 g/mol. The average Bonchev–Trinajstić information content (AvgIpc) is 2.47. The molecule has 0 N–H and O–H groups in total. The Balaban J connectivity index is 2.07. The monoisotopic (exact) mass is 275 g/mol. The van der Waals surface area contributed by atoms with Crippen LogP contribution < -0.4 is 4.74 Å².